The molecular weight excluding hydrogens is 473 g/mol. The molecule has 12 heteroatoms. The van der Waals surface area contributed by atoms with Crippen LogP contribution in [0.1, 0.15) is 19.3 Å². The normalized spacial score (nSPS) is 15.1. The lowest BCUT2D eigenvalue weighted by atomic mass is 10.2. The Hall–Kier alpha value is -2.70. The minimum Gasteiger partial charge on any atom is -0.495 e. The summed E-state index contributed by atoms with van der Waals surface area (Å²) in [5.41, 5.74) is 0.204. The fraction of sp³-hybridized carbons (Fsp3) is 0.381. The zero-order valence-electron chi connectivity index (χ0n) is 18.3. The van der Waals surface area contributed by atoms with E-state index in [9.17, 15) is 26.0 Å². The van der Waals surface area contributed by atoms with E-state index in [1.807, 2.05) is 0 Å². The van der Waals surface area contributed by atoms with E-state index >= 15 is 0 Å². The molecule has 0 unspecified atom stereocenters. The monoisotopic (exact) mass is 499 g/mol. The van der Waals surface area contributed by atoms with Crippen LogP contribution < -0.4 is 14.4 Å². The molecule has 0 bridgehead atoms. The summed E-state index contributed by atoms with van der Waals surface area (Å²) in [6.45, 7) is 0.255. The van der Waals surface area contributed by atoms with Crippen molar-refractivity contribution in [3.63, 3.8) is 0 Å². The van der Waals surface area contributed by atoms with Gasteiger partial charge in [-0.2, -0.15) is 4.31 Å². The van der Waals surface area contributed by atoms with Crippen molar-refractivity contribution in [1.82, 2.24) is 4.31 Å². The summed E-state index contributed by atoms with van der Waals surface area (Å²) >= 11 is 0. The molecule has 1 amide bonds. The van der Waals surface area contributed by atoms with Crippen LogP contribution in [0.3, 0.4) is 0 Å². The van der Waals surface area contributed by atoms with E-state index in [1.54, 1.807) is 0 Å². The van der Waals surface area contributed by atoms with Gasteiger partial charge in [0.15, 0.2) is 0 Å². The van der Waals surface area contributed by atoms with E-state index in [0.29, 0.717) is 13.1 Å². The highest BCUT2D eigenvalue weighted by Gasteiger charge is 2.27. The Bertz CT molecular complexity index is 1210. The van der Waals surface area contributed by atoms with Gasteiger partial charge in [-0.15, -0.1) is 0 Å². The van der Waals surface area contributed by atoms with Crippen LogP contribution in [0.4, 0.5) is 15.8 Å². The molecule has 0 aliphatic carbocycles. The number of methoxy groups -OCH3 is 1. The van der Waals surface area contributed by atoms with Gasteiger partial charge in [-0.25, -0.2) is 21.2 Å². The maximum Gasteiger partial charge on any atom is 0.245 e. The van der Waals surface area contributed by atoms with Crippen LogP contribution in [0.25, 0.3) is 0 Å². The third kappa shape index (κ3) is 6.01. The largest absolute Gasteiger partial charge is 0.495 e. The Kier molecular flexibility index (Phi) is 7.60. The van der Waals surface area contributed by atoms with Crippen molar-refractivity contribution in [1.29, 1.82) is 0 Å². The van der Waals surface area contributed by atoms with Gasteiger partial charge in [0, 0.05) is 13.1 Å². The van der Waals surface area contributed by atoms with Crippen molar-refractivity contribution in [2.75, 3.05) is 42.6 Å². The summed E-state index contributed by atoms with van der Waals surface area (Å²) in [4.78, 5) is 12.7. The van der Waals surface area contributed by atoms with Gasteiger partial charge in [0.05, 0.1) is 29.6 Å². The van der Waals surface area contributed by atoms with Crippen molar-refractivity contribution >= 4 is 37.3 Å². The molecule has 1 N–H and O–H groups in total. The Labute approximate surface area is 193 Å². The highest BCUT2D eigenvalue weighted by atomic mass is 32.2. The van der Waals surface area contributed by atoms with Crippen molar-refractivity contribution < 1.29 is 30.8 Å². The number of nitrogens with zero attached hydrogens (tertiary/aromatic N) is 2. The molecule has 0 spiro atoms. The summed E-state index contributed by atoms with van der Waals surface area (Å²) < 4.78 is 71.2. The average Bonchev–Trinajstić information content (AvgIpc) is 2.78. The van der Waals surface area contributed by atoms with E-state index in [0.717, 1.165) is 42.0 Å². The molecule has 1 aliphatic heterocycles. The van der Waals surface area contributed by atoms with E-state index in [1.165, 1.54) is 41.7 Å². The second kappa shape index (κ2) is 10.1. The van der Waals surface area contributed by atoms with Gasteiger partial charge in [0.1, 0.15) is 18.1 Å². The summed E-state index contributed by atoms with van der Waals surface area (Å²) in [6, 6.07) is 8.79. The molecular formula is C21H26FN3O6S2. The Morgan fingerprint density at radius 2 is 1.70 bits per heavy atom. The van der Waals surface area contributed by atoms with E-state index in [-0.39, 0.29) is 22.0 Å². The van der Waals surface area contributed by atoms with Crippen molar-refractivity contribution in [2.45, 2.75) is 24.2 Å². The third-order valence-electron chi connectivity index (χ3n) is 5.20. The van der Waals surface area contributed by atoms with Crippen LogP contribution in [-0.4, -0.2) is 60.0 Å². The third-order valence-corrected chi connectivity index (χ3v) is 8.24. The lowest BCUT2D eigenvalue weighted by molar-refractivity contribution is -0.114. The first-order valence-corrected chi connectivity index (χ1v) is 13.5. The molecule has 1 aliphatic rings. The molecule has 1 heterocycles. The molecule has 33 heavy (non-hydrogen) atoms. The number of anilines is 2. The van der Waals surface area contributed by atoms with Crippen LogP contribution in [-0.2, 0) is 24.8 Å². The zero-order valence-corrected chi connectivity index (χ0v) is 20.0. The van der Waals surface area contributed by atoms with E-state index < -0.39 is 38.3 Å². The first-order chi connectivity index (χ1) is 15.5. The number of amides is 1. The van der Waals surface area contributed by atoms with E-state index in [4.69, 9.17) is 4.74 Å². The first-order valence-electron chi connectivity index (χ1n) is 10.2. The van der Waals surface area contributed by atoms with Gasteiger partial charge in [-0.1, -0.05) is 6.42 Å². The highest BCUT2D eigenvalue weighted by molar-refractivity contribution is 7.92. The minimum absolute atomic E-state index is 0.000922. The maximum atomic E-state index is 13.2. The number of benzene rings is 2. The Balaban J connectivity index is 1.85. The summed E-state index contributed by atoms with van der Waals surface area (Å²) in [5.74, 6) is -1.06. The average molecular weight is 500 g/mol. The lowest BCUT2D eigenvalue weighted by Gasteiger charge is -2.26. The lowest BCUT2D eigenvalue weighted by Crippen LogP contribution is -2.37. The molecule has 0 aromatic heterocycles. The first kappa shape index (κ1) is 24.9. The Morgan fingerprint density at radius 1 is 1.06 bits per heavy atom. The maximum absolute atomic E-state index is 13.2. The standard InChI is InChI=1S/C21H26FN3O6S2/c1-31-20-11-10-18(33(29,30)24-12-4-3-5-13-24)14-19(20)23-21(26)15-25(32(2,27)28)17-8-6-16(22)7-9-17/h6-11,14H,3-5,12-13,15H2,1-2H3,(H,23,26). The number of halogens is 1. The summed E-state index contributed by atoms with van der Waals surface area (Å²) in [6.07, 6.45) is 3.46. The molecule has 0 radical (unpaired) electrons. The second-order valence-corrected chi connectivity index (χ2v) is 11.5. The molecule has 0 atom stereocenters. The van der Waals surface area contributed by atoms with Crippen molar-refractivity contribution in [3.8, 4) is 5.75 Å². The fourth-order valence-electron chi connectivity index (χ4n) is 3.53. The fourth-order valence-corrected chi connectivity index (χ4v) is 5.93. The number of carbonyl (C=O) groups excluding carboxylic acids is 1. The number of piperidine rings is 1. The van der Waals surface area contributed by atoms with Gasteiger partial charge in [0.2, 0.25) is 26.0 Å². The molecule has 1 fully saturated rings. The summed E-state index contributed by atoms with van der Waals surface area (Å²) in [7, 11) is -6.25. The van der Waals surface area contributed by atoms with E-state index in [2.05, 4.69) is 5.32 Å². The van der Waals surface area contributed by atoms with Crippen LogP contribution in [0.15, 0.2) is 47.4 Å². The number of hydrogen-bond donors (Lipinski definition) is 1. The van der Waals surface area contributed by atoms with Crippen molar-refractivity contribution in [3.05, 3.63) is 48.3 Å². The van der Waals surface area contributed by atoms with Crippen LogP contribution in [0, 0.1) is 5.82 Å². The molecule has 2 aromatic rings. The number of carbonyl (C=O) groups is 1. The van der Waals surface area contributed by atoms with Gasteiger partial charge in [-0.3, -0.25) is 9.10 Å². The molecule has 9 nitrogen and oxygen atoms in total. The molecule has 1 saturated heterocycles. The molecule has 3 rings (SSSR count). The smallest absolute Gasteiger partial charge is 0.245 e. The number of sulfonamides is 2. The van der Waals surface area contributed by atoms with Gasteiger partial charge in [-0.05, 0) is 55.3 Å². The van der Waals surface area contributed by atoms with Crippen LogP contribution in [0.2, 0.25) is 0 Å². The predicted octanol–water partition coefficient (Wildman–Crippen LogP) is 2.41. The number of ether oxygens (including phenoxy) is 1. The van der Waals surface area contributed by atoms with Crippen LogP contribution in [0.5, 0.6) is 5.75 Å². The molecule has 180 valence electrons. The van der Waals surface area contributed by atoms with Crippen LogP contribution >= 0.6 is 0 Å². The topological polar surface area (TPSA) is 113 Å². The molecule has 2 aromatic carbocycles. The number of nitrogens with one attached hydrogen (secondary N) is 1. The number of hydrogen-bond acceptors (Lipinski definition) is 6. The quantitative estimate of drug-likeness (QED) is 0.597. The van der Waals surface area contributed by atoms with Gasteiger partial charge < -0.3 is 10.1 Å². The second-order valence-electron chi connectivity index (χ2n) is 7.62. The SMILES string of the molecule is COc1ccc(S(=O)(=O)N2CCCCC2)cc1NC(=O)CN(c1ccc(F)cc1)S(C)(=O)=O. The zero-order chi connectivity index (χ0) is 24.2. The molecule has 0 saturated carbocycles. The van der Waals surface area contributed by atoms with Crippen molar-refractivity contribution in [2.24, 2.45) is 0 Å². The predicted molar refractivity (Wildman–Crippen MR) is 123 cm³/mol. The summed E-state index contributed by atoms with van der Waals surface area (Å²) in [5, 5.41) is 2.53. The van der Waals surface area contributed by atoms with Gasteiger partial charge in [0.25, 0.3) is 0 Å². The Morgan fingerprint density at radius 3 is 2.27 bits per heavy atom. The van der Waals surface area contributed by atoms with Gasteiger partial charge >= 0.3 is 0 Å². The minimum atomic E-state index is -3.86. The number of rotatable bonds is 8. The highest BCUT2D eigenvalue weighted by Crippen LogP contribution is 2.30.